The third kappa shape index (κ3) is 2.91. The van der Waals surface area contributed by atoms with Gasteiger partial charge in [0.15, 0.2) is 5.75 Å². The number of H-pyrrole nitrogens is 1. The Hall–Kier alpha value is -2.80. The molecule has 2 aromatic heterocycles. The zero-order chi connectivity index (χ0) is 16.4. The van der Waals surface area contributed by atoms with Crippen molar-refractivity contribution in [2.45, 2.75) is 6.92 Å². The molecule has 23 heavy (non-hydrogen) atoms. The summed E-state index contributed by atoms with van der Waals surface area (Å²) in [5, 5.41) is 14.5. The highest BCUT2D eigenvalue weighted by molar-refractivity contribution is 7.17. The Bertz CT molecular complexity index is 912. The number of ether oxygens (including phenoxy) is 1. The fourth-order valence-corrected chi connectivity index (χ4v) is 3.00. The minimum atomic E-state index is -0.664. The van der Waals surface area contributed by atoms with E-state index in [9.17, 15) is 14.7 Å². The van der Waals surface area contributed by atoms with Crippen molar-refractivity contribution in [2.75, 3.05) is 11.9 Å². The second kappa shape index (κ2) is 6.13. The zero-order valence-electron chi connectivity index (χ0n) is 12.3. The molecular weight excluding hydrogens is 316 g/mol. The molecule has 0 aliphatic carbocycles. The molecule has 0 saturated heterocycles. The van der Waals surface area contributed by atoms with Crippen LogP contribution in [0.5, 0.6) is 11.5 Å². The number of pyridine rings is 1. The summed E-state index contributed by atoms with van der Waals surface area (Å²) in [6.45, 7) is 2.43. The lowest BCUT2D eigenvalue weighted by Crippen LogP contribution is -2.23. The van der Waals surface area contributed by atoms with Crippen LogP contribution in [0.15, 0.2) is 40.5 Å². The first-order chi connectivity index (χ1) is 11.1. The van der Waals surface area contributed by atoms with Crippen molar-refractivity contribution in [1.82, 2.24) is 4.98 Å². The summed E-state index contributed by atoms with van der Waals surface area (Å²) in [5.74, 6) is -0.281. The van der Waals surface area contributed by atoms with E-state index in [1.54, 1.807) is 35.7 Å². The van der Waals surface area contributed by atoms with Crippen LogP contribution in [0.4, 0.5) is 5.69 Å². The number of carbonyl (C=O) groups excluding carboxylic acids is 1. The van der Waals surface area contributed by atoms with E-state index in [-0.39, 0.29) is 11.3 Å². The molecule has 1 aromatic carbocycles. The molecule has 0 aliphatic heterocycles. The van der Waals surface area contributed by atoms with Gasteiger partial charge in [-0.25, -0.2) is 0 Å². The number of anilines is 1. The van der Waals surface area contributed by atoms with Gasteiger partial charge in [0.2, 0.25) is 0 Å². The fourth-order valence-electron chi connectivity index (χ4n) is 2.20. The number of hydrogen-bond donors (Lipinski definition) is 3. The van der Waals surface area contributed by atoms with Gasteiger partial charge in [-0.15, -0.1) is 11.3 Å². The number of aromatic amines is 1. The topological polar surface area (TPSA) is 91.4 Å². The molecule has 118 valence electrons. The maximum atomic E-state index is 12.3. The fraction of sp³-hybridized carbons (Fsp3) is 0.125. The zero-order valence-corrected chi connectivity index (χ0v) is 13.1. The maximum Gasteiger partial charge on any atom is 0.265 e. The number of fused-ring (bicyclic) bond motifs is 1. The predicted molar refractivity (Wildman–Crippen MR) is 89.7 cm³/mol. The molecule has 0 atom stereocenters. The lowest BCUT2D eigenvalue weighted by Gasteiger charge is -2.08. The molecule has 2 heterocycles. The van der Waals surface area contributed by atoms with Crippen molar-refractivity contribution in [3.8, 4) is 11.5 Å². The number of aromatic nitrogens is 1. The van der Waals surface area contributed by atoms with Gasteiger partial charge in [0.1, 0.15) is 11.3 Å². The highest BCUT2D eigenvalue weighted by Crippen LogP contribution is 2.29. The van der Waals surface area contributed by atoms with Crippen LogP contribution in [0.25, 0.3) is 10.2 Å². The molecule has 0 bridgehead atoms. The number of nitrogens with one attached hydrogen (secondary N) is 2. The summed E-state index contributed by atoms with van der Waals surface area (Å²) in [6, 6.07) is 8.43. The molecule has 6 nitrogen and oxygen atoms in total. The molecule has 0 unspecified atom stereocenters. The van der Waals surface area contributed by atoms with Crippen LogP contribution in [0.2, 0.25) is 0 Å². The number of thiophene rings is 1. The molecule has 1 amide bonds. The van der Waals surface area contributed by atoms with Crippen molar-refractivity contribution >= 4 is 33.1 Å². The van der Waals surface area contributed by atoms with E-state index in [4.69, 9.17) is 4.74 Å². The SMILES string of the molecule is CCOc1ccc(NC(=O)c2c(O)c3sccc3[nH]c2=O)cc1. The number of carbonyl (C=O) groups is 1. The van der Waals surface area contributed by atoms with Crippen molar-refractivity contribution in [3.63, 3.8) is 0 Å². The van der Waals surface area contributed by atoms with Crippen molar-refractivity contribution in [1.29, 1.82) is 0 Å². The number of benzene rings is 1. The van der Waals surface area contributed by atoms with Gasteiger partial charge in [-0.2, -0.15) is 0 Å². The molecule has 3 aromatic rings. The van der Waals surface area contributed by atoms with Crippen LogP contribution >= 0.6 is 11.3 Å². The number of rotatable bonds is 4. The lowest BCUT2D eigenvalue weighted by molar-refractivity contribution is 0.102. The van der Waals surface area contributed by atoms with E-state index in [0.717, 1.165) is 0 Å². The van der Waals surface area contributed by atoms with Crippen LogP contribution in [-0.2, 0) is 0 Å². The minimum Gasteiger partial charge on any atom is -0.505 e. The van der Waals surface area contributed by atoms with Crippen LogP contribution in [0.3, 0.4) is 0 Å². The van der Waals surface area contributed by atoms with Crippen LogP contribution in [0, 0.1) is 0 Å². The molecular formula is C16H14N2O4S. The molecule has 3 rings (SSSR count). The quantitative estimate of drug-likeness (QED) is 0.686. The first kappa shape index (κ1) is 15.1. The summed E-state index contributed by atoms with van der Waals surface area (Å²) in [4.78, 5) is 26.9. The van der Waals surface area contributed by atoms with Gasteiger partial charge in [0, 0.05) is 5.69 Å². The summed E-state index contributed by atoms with van der Waals surface area (Å²) in [7, 11) is 0. The van der Waals surface area contributed by atoms with Crippen molar-refractivity contribution in [3.05, 3.63) is 51.6 Å². The van der Waals surface area contributed by atoms with Gasteiger partial charge >= 0.3 is 0 Å². The van der Waals surface area contributed by atoms with Crippen molar-refractivity contribution in [2.24, 2.45) is 0 Å². The molecule has 3 N–H and O–H groups in total. The van der Waals surface area contributed by atoms with Crippen LogP contribution < -0.4 is 15.6 Å². The van der Waals surface area contributed by atoms with E-state index in [2.05, 4.69) is 10.3 Å². The lowest BCUT2D eigenvalue weighted by atomic mass is 10.2. The Balaban J connectivity index is 1.90. The average molecular weight is 330 g/mol. The third-order valence-corrected chi connectivity index (χ3v) is 4.16. The minimum absolute atomic E-state index is 0.297. The van der Waals surface area contributed by atoms with Gasteiger partial charge in [-0.1, -0.05) is 0 Å². The van der Waals surface area contributed by atoms with E-state index >= 15 is 0 Å². The van der Waals surface area contributed by atoms with Gasteiger partial charge in [-0.3, -0.25) is 9.59 Å². The maximum absolute atomic E-state index is 12.3. The molecule has 0 radical (unpaired) electrons. The first-order valence-corrected chi connectivity index (χ1v) is 7.84. The van der Waals surface area contributed by atoms with Crippen LogP contribution in [0.1, 0.15) is 17.3 Å². The van der Waals surface area contributed by atoms with E-state index in [0.29, 0.717) is 28.3 Å². The monoisotopic (exact) mass is 330 g/mol. The highest BCUT2D eigenvalue weighted by Gasteiger charge is 2.20. The van der Waals surface area contributed by atoms with Gasteiger partial charge < -0.3 is 20.1 Å². The summed E-state index contributed by atoms with van der Waals surface area (Å²) >= 11 is 1.25. The summed E-state index contributed by atoms with van der Waals surface area (Å²) in [6.07, 6.45) is 0. The van der Waals surface area contributed by atoms with Crippen molar-refractivity contribution < 1.29 is 14.6 Å². The predicted octanol–water partition coefficient (Wildman–Crippen LogP) is 2.95. The molecule has 0 fully saturated rings. The van der Waals surface area contributed by atoms with Gasteiger partial charge in [-0.05, 0) is 42.6 Å². The Morgan fingerprint density at radius 1 is 1.30 bits per heavy atom. The molecule has 0 aliphatic rings. The van der Waals surface area contributed by atoms with Gasteiger partial charge in [0.05, 0.1) is 16.8 Å². The molecule has 0 spiro atoms. The summed E-state index contributed by atoms with van der Waals surface area (Å²) < 4.78 is 5.80. The number of hydrogen-bond acceptors (Lipinski definition) is 5. The normalized spacial score (nSPS) is 10.7. The molecule has 0 saturated carbocycles. The van der Waals surface area contributed by atoms with E-state index in [1.165, 1.54) is 11.3 Å². The largest absolute Gasteiger partial charge is 0.505 e. The Labute approximate surface area is 135 Å². The summed E-state index contributed by atoms with van der Waals surface area (Å²) in [5.41, 5.74) is 0.0873. The Morgan fingerprint density at radius 2 is 2.04 bits per heavy atom. The average Bonchev–Trinajstić information content (AvgIpc) is 2.98. The van der Waals surface area contributed by atoms with E-state index < -0.39 is 11.5 Å². The number of amides is 1. The first-order valence-electron chi connectivity index (χ1n) is 6.96. The third-order valence-electron chi connectivity index (χ3n) is 3.24. The van der Waals surface area contributed by atoms with Crippen LogP contribution in [-0.4, -0.2) is 22.6 Å². The standard InChI is InChI=1S/C16H14N2O4S/c1-2-22-10-5-3-9(4-6-10)17-15(20)12-13(19)14-11(7-8-23-14)18-16(12)21/h3-8H,2H2,1H3,(H,17,20)(H2,18,19,21). The Morgan fingerprint density at radius 3 is 2.74 bits per heavy atom. The molecule has 7 heteroatoms. The second-order valence-corrected chi connectivity index (χ2v) is 5.67. The Kier molecular flexibility index (Phi) is 4.03. The highest BCUT2D eigenvalue weighted by atomic mass is 32.1. The smallest absolute Gasteiger partial charge is 0.265 e. The van der Waals surface area contributed by atoms with E-state index in [1.807, 2.05) is 6.92 Å². The second-order valence-electron chi connectivity index (χ2n) is 4.75. The number of aromatic hydroxyl groups is 1. The van der Waals surface area contributed by atoms with Gasteiger partial charge in [0.25, 0.3) is 11.5 Å².